The number of halogens is 1. The third kappa shape index (κ3) is 3.29. The summed E-state index contributed by atoms with van der Waals surface area (Å²) >= 11 is 0. The molecule has 0 aliphatic heterocycles. The van der Waals surface area contributed by atoms with E-state index in [0.29, 0.717) is 24.4 Å². The van der Waals surface area contributed by atoms with Crippen molar-refractivity contribution in [2.24, 2.45) is 17.1 Å². The number of hydrogen-bond acceptors (Lipinski definition) is 2. The van der Waals surface area contributed by atoms with Gasteiger partial charge in [-0.3, -0.25) is 4.90 Å². The van der Waals surface area contributed by atoms with E-state index in [1.165, 1.54) is 18.9 Å². The van der Waals surface area contributed by atoms with Crippen LogP contribution in [0.3, 0.4) is 0 Å². The smallest absolute Gasteiger partial charge is 0.127 e. The Labute approximate surface area is 128 Å². The fourth-order valence-electron chi connectivity index (χ4n) is 3.99. The largest absolute Gasteiger partial charge is 0.329 e. The van der Waals surface area contributed by atoms with Gasteiger partial charge in [0, 0.05) is 24.2 Å². The average molecular weight is 292 g/mol. The third-order valence-corrected chi connectivity index (χ3v) is 5.49. The molecule has 0 saturated heterocycles. The lowest BCUT2D eigenvalue weighted by molar-refractivity contribution is -0.0121. The highest BCUT2D eigenvalue weighted by molar-refractivity contribution is 5.18. The van der Waals surface area contributed by atoms with Crippen LogP contribution in [0.1, 0.15) is 45.6 Å². The zero-order valence-electron chi connectivity index (χ0n) is 13.8. The van der Waals surface area contributed by atoms with E-state index in [9.17, 15) is 4.39 Å². The third-order valence-electron chi connectivity index (χ3n) is 5.49. The van der Waals surface area contributed by atoms with Gasteiger partial charge in [0.25, 0.3) is 0 Å². The Morgan fingerprint density at radius 1 is 1.29 bits per heavy atom. The standard InChI is InChI=1S/C18H29FN2/c1-14-11-17(2,3)9-10-18(14,13-20)21(4)12-15-7-5-6-8-16(15)19/h5-8,14H,9-13,20H2,1-4H3. The number of likely N-dealkylation sites (N-methyl/N-ethyl adjacent to an activating group) is 1. The Morgan fingerprint density at radius 3 is 2.52 bits per heavy atom. The first-order chi connectivity index (χ1) is 9.81. The van der Waals surface area contributed by atoms with Gasteiger partial charge in [-0.1, -0.05) is 39.0 Å². The minimum Gasteiger partial charge on any atom is -0.329 e. The average Bonchev–Trinajstić information content (AvgIpc) is 2.41. The molecule has 1 saturated carbocycles. The van der Waals surface area contributed by atoms with Gasteiger partial charge in [-0.25, -0.2) is 4.39 Å². The molecule has 0 aromatic heterocycles. The Hall–Kier alpha value is -0.930. The van der Waals surface area contributed by atoms with Crippen molar-refractivity contribution in [2.75, 3.05) is 13.6 Å². The molecule has 1 aromatic carbocycles. The number of benzene rings is 1. The first kappa shape index (κ1) is 16.4. The van der Waals surface area contributed by atoms with Crippen molar-refractivity contribution in [1.82, 2.24) is 4.90 Å². The first-order valence-electron chi connectivity index (χ1n) is 7.95. The summed E-state index contributed by atoms with van der Waals surface area (Å²) in [5.41, 5.74) is 7.30. The Morgan fingerprint density at radius 2 is 1.95 bits per heavy atom. The van der Waals surface area contributed by atoms with E-state index in [1.54, 1.807) is 6.07 Å². The van der Waals surface area contributed by atoms with Gasteiger partial charge < -0.3 is 5.73 Å². The molecular formula is C18H29FN2. The van der Waals surface area contributed by atoms with Crippen LogP contribution in [0.5, 0.6) is 0 Å². The van der Waals surface area contributed by atoms with Crippen LogP contribution in [0.25, 0.3) is 0 Å². The molecule has 3 heteroatoms. The van der Waals surface area contributed by atoms with Gasteiger partial charge in [-0.05, 0) is 43.7 Å². The summed E-state index contributed by atoms with van der Waals surface area (Å²) in [6, 6.07) is 7.04. The van der Waals surface area contributed by atoms with Crippen molar-refractivity contribution in [3.05, 3.63) is 35.6 Å². The fourth-order valence-corrected chi connectivity index (χ4v) is 3.99. The lowest BCUT2D eigenvalue weighted by Gasteiger charge is -2.52. The van der Waals surface area contributed by atoms with Crippen LogP contribution in [-0.4, -0.2) is 24.0 Å². The minimum atomic E-state index is -0.125. The molecule has 1 aliphatic carbocycles. The predicted octanol–water partition coefficient (Wildman–Crippen LogP) is 3.80. The first-order valence-corrected chi connectivity index (χ1v) is 7.95. The summed E-state index contributed by atoms with van der Waals surface area (Å²) in [7, 11) is 2.09. The van der Waals surface area contributed by atoms with Crippen molar-refractivity contribution in [1.29, 1.82) is 0 Å². The van der Waals surface area contributed by atoms with Crippen LogP contribution in [0, 0.1) is 17.2 Å². The summed E-state index contributed by atoms with van der Waals surface area (Å²) in [6.45, 7) is 8.22. The maximum absolute atomic E-state index is 13.9. The van der Waals surface area contributed by atoms with E-state index in [-0.39, 0.29) is 11.4 Å². The molecule has 21 heavy (non-hydrogen) atoms. The molecule has 1 fully saturated rings. The van der Waals surface area contributed by atoms with Gasteiger partial charge >= 0.3 is 0 Å². The van der Waals surface area contributed by atoms with E-state index in [1.807, 2.05) is 12.1 Å². The summed E-state index contributed by atoms with van der Waals surface area (Å²) in [6.07, 6.45) is 3.44. The minimum absolute atomic E-state index is 0.0161. The molecule has 1 aromatic rings. The highest BCUT2D eigenvalue weighted by Crippen LogP contribution is 2.46. The molecule has 2 N–H and O–H groups in total. The molecule has 2 unspecified atom stereocenters. The number of rotatable bonds is 4. The van der Waals surface area contributed by atoms with Gasteiger partial charge in [-0.2, -0.15) is 0 Å². The fraction of sp³-hybridized carbons (Fsp3) is 0.667. The SMILES string of the molecule is CC1CC(C)(C)CCC1(CN)N(C)Cc1ccccc1F. The summed E-state index contributed by atoms with van der Waals surface area (Å²) in [5, 5.41) is 0. The van der Waals surface area contributed by atoms with Gasteiger partial charge in [0.1, 0.15) is 5.82 Å². The van der Waals surface area contributed by atoms with Crippen molar-refractivity contribution in [2.45, 2.75) is 52.1 Å². The highest BCUT2D eigenvalue weighted by Gasteiger charge is 2.45. The van der Waals surface area contributed by atoms with Crippen LogP contribution < -0.4 is 5.73 Å². The maximum Gasteiger partial charge on any atom is 0.127 e. The van der Waals surface area contributed by atoms with Crippen LogP contribution in [0.15, 0.2) is 24.3 Å². The second-order valence-corrected chi connectivity index (χ2v) is 7.52. The molecule has 0 bridgehead atoms. The van der Waals surface area contributed by atoms with Crippen molar-refractivity contribution < 1.29 is 4.39 Å². The van der Waals surface area contributed by atoms with Crippen molar-refractivity contribution in [3.63, 3.8) is 0 Å². The molecule has 0 radical (unpaired) electrons. The number of nitrogens with zero attached hydrogens (tertiary/aromatic N) is 1. The Balaban J connectivity index is 2.19. The highest BCUT2D eigenvalue weighted by atomic mass is 19.1. The van der Waals surface area contributed by atoms with E-state index < -0.39 is 0 Å². The Kier molecular flexibility index (Phi) is 4.74. The van der Waals surface area contributed by atoms with Crippen LogP contribution in [0.2, 0.25) is 0 Å². The maximum atomic E-state index is 13.9. The predicted molar refractivity (Wildman–Crippen MR) is 86.4 cm³/mol. The normalized spacial score (nSPS) is 28.8. The lowest BCUT2D eigenvalue weighted by Crippen LogP contribution is -2.59. The summed E-state index contributed by atoms with van der Waals surface area (Å²) < 4.78 is 13.9. The molecule has 118 valence electrons. The Bertz CT molecular complexity index is 486. The van der Waals surface area contributed by atoms with E-state index in [2.05, 4.69) is 32.7 Å². The summed E-state index contributed by atoms with van der Waals surface area (Å²) in [5.74, 6) is 0.392. The second kappa shape index (κ2) is 6.05. The van der Waals surface area contributed by atoms with Gasteiger partial charge in [0.2, 0.25) is 0 Å². The molecule has 0 spiro atoms. The zero-order valence-corrected chi connectivity index (χ0v) is 13.8. The van der Waals surface area contributed by atoms with Crippen molar-refractivity contribution >= 4 is 0 Å². The molecule has 0 amide bonds. The molecule has 0 heterocycles. The topological polar surface area (TPSA) is 29.3 Å². The van der Waals surface area contributed by atoms with Crippen LogP contribution >= 0.6 is 0 Å². The summed E-state index contributed by atoms with van der Waals surface area (Å²) in [4.78, 5) is 2.28. The van der Waals surface area contributed by atoms with Gasteiger partial charge in [0.05, 0.1) is 0 Å². The molecule has 2 nitrogen and oxygen atoms in total. The van der Waals surface area contributed by atoms with Gasteiger partial charge in [0.15, 0.2) is 0 Å². The lowest BCUT2D eigenvalue weighted by atomic mass is 9.63. The van der Waals surface area contributed by atoms with E-state index >= 15 is 0 Å². The monoisotopic (exact) mass is 292 g/mol. The van der Waals surface area contributed by atoms with Crippen LogP contribution in [-0.2, 0) is 6.54 Å². The molecule has 2 atom stereocenters. The quantitative estimate of drug-likeness (QED) is 0.914. The van der Waals surface area contributed by atoms with Gasteiger partial charge in [-0.15, -0.1) is 0 Å². The van der Waals surface area contributed by atoms with E-state index in [4.69, 9.17) is 5.73 Å². The second-order valence-electron chi connectivity index (χ2n) is 7.52. The number of nitrogens with two attached hydrogens (primary N) is 1. The van der Waals surface area contributed by atoms with Crippen LogP contribution in [0.4, 0.5) is 4.39 Å². The molecular weight excluding hydrogens is 263 g/mol. The zero-order chi connectivity index (χ0) is 15.7. The molecule has 1 aliphatic rings. The molecule has 2 rings (SSSR count). The number of hydrogen-bond donors (Lipinski definition) is 1. The van der Waals surface area contributed by atoms with Crippen molar-refractivity contribution in [3.8, 4) is 0 Å². The van der Waals surface area contributed by atoms with E-state index in [0.717, 1.165) is 12.0 Å².